The Morgan fingerprint density at radius 2 is 0.810 bits per heavy atom. The fraction of sp³-hybridized carbons (Fsp3) is 0.941. The Balaban J connectivity index is 5.53. The SMILES string of the molecule is CCCCCCCCCC(CC(=O)OCC(CCCCCC)CCCCCCCC)N(CCCN(C)C)C(=O)CCCCC(=O)OCC(CCCC)CCCCCC. The molecule has 0 spiro atoms. The number of unbranched alkanes of at least 4 members (excludes halogenated alkanes) is 19. The molecule has 7 heteroatoms. The maximum absolute atomic E-state index is 14.1. The van der Waals surface area contributed by atoms with Crippen molar-refractivity contribution in [2.45, 2.75) is 259 Å². The fourth-order valence-corrected chi connectivity index (χ4v) is 8.26. The van der Waals surface area contributed by atoms with E-state index in [-0.39, 0.29) is 30.3 Å². The number of carbonyl (C=O) groups is 3. The highest BCUT2D eigenvalue weighted by Gasteiger charge is 2.27. The van der Waals surface area contributed by atoms with Crippen molar-refractivity contribution < 1.29 is 23.9 Å². The molecule has 3 unspecified atom stereocenters. The molecule has 0 bridgehead atoms. The molecule has 7 nitrogen and oxygen atoms in total. The van der Waals surface area contributed by atoms with Crippen molar-refractivity contribution in [1.82, 2.24) is 9.80 Å². The molecule has 0 radical (unpaired) electrons. The van der Waals surface area contributed by atoms with Gasteiger partial charge in [-0.25, -0.2) is 0 Å². The van der Waals surface area contributed by atoms with Gasteiger partial charge in [-0.2, -0.15) is 0 Å². The molecule has 0 aliphatic rings. The van der Waals surface area contributed by atoms with Crippen LogP contribution in [0.3, 0.4) is 0 Å². The van der Waals surface area contributed by atoms with Crippen molar-refractivity contribution >= 4 is 17.8 Å². The summed E-state index contributed by atoms with van der Waals surface area (Å²) in [4.78, 5) is 44.7. The van der Waals surface area contributed by atoms with Crippen LogP contribution in [0.4, 0.5) is 0 Å². The van der Waals surface area contributed by atoms with Crippen molar-refractivity contribution in [3.8, 4) is 0 Å². The van der Waals surface area contributed by atoms with Gasteiger partial charge in [0.05, 0.1) is 19.6 Å². The summed E-state index contributed by atoms with van der Waals surface area (Å²) in [5, 5.41) is 0. The monoisotopic (exact) mass is 821 g/mol. The minimum absolute atomic E-state index is 0.108. The lowest BCUT2D eigenvalue weighted by molar-refractivity contribution is -0.148. The van der Waals surface area contributed by atoms with Crippen molar-refractivity contribution in [3.05, 3.63) is 0 Å². The van der Waals surface area contributed by atoms with Gasteiger partial charge in [0.15, 0.2) is 0 Å². The lowest BCUT2D eigenvalue weighted by Crippen LogP contribution is -2.43. The molecule has 0 aromatic carbocycles. The third-order valence-corrected chi connectivity index (χ3v) is 12.2. The Morgan fingerprint density at radius 1 is 0.414 bits per heavy atom. The Labute approximate surface area is 361 Å². The van der Waals surface area contributed by atoms with E-state index in [0.29, 0.717) is 57.3 Å². The average Bonchev–Trinajstić information content (AvgIpc) is 3.21. The van der Waals surface area contributed by atoms with Gasteiger partial charge in [-0.05, 0) is 83.8 Å². The third-order valence-electron chi connectivity index (χ3n) is 12.2. The zero-order valence-corrected chi connectivity index (χ0v) is 40.0. The molecule has 344 valence electrons. The standard InChI is InChI=1S/C51H100N2O5/c1-8-13-18-22-24-26-30-38-48(43-51(56)58-45-47(36-28-21-16-11-4)37-29-25-23-19-14-9-2)53(42-33-41-52(6)7)49(54)39-31-32-40-50(55)57-44-46(34-17-12-5)35-27-20-15-10-3/h46-48H,8-45H2,1-7H3. The van der Waals surface area contributed by atoms with E-state index in [2.05, 4.69) is 53.6 Å². The number of carbonyl (C=O) groups excluding carboxylic acids is 3. The number of hydrogen-bond donors (Lipinski definition) is 0. The maximum atomic E-state index is 14.1. The molecule has 0 heterocycles. The normalized spacial score (nSPS) is 13.1. The summed E-state index contributed by atoms with van der Waals surface area (Å²) >= 11 is 0. The van der Waals surface area contributed by atoms with E-state index >= 15 is 0 Å². The van der Waals surface area contributed by atoms with Crippen LogP contribution >= 0.6 is 0 Å². The number of esters is 2. The number of rotatable bonds is 44. The number of amides is 1. The quantitative estimate of drug-likeness (QED) is 0.0450. The molecule has 58 heavy (non-hydrogen) atoms. The topological polar surface area (TPSA) is 76.2 Å². The third kappa shape index (κ3) is 35.2. The van der Waals surface area contributed by atoms with E-state index in [1.165, 1.54) is 135 Å². The molecule has 0 saturated carbocycles. The first-order valence-electron chi connectivity index (χ1n) is 25.5. The average molecular weight is 821 g/mol. The first kappa shape index (κ1) is 56.4. The summed E-state index contributed by atoms with van der Waals surface area (Å²) in [6.07, 6.45) is 36.9. The van der Waals surface area contributed by atoms with Crippen LogP contribution in [0.2, 0.25) is 0 Å². The summed E-state index contributed by atoms with van der Waals surface area (Å²) in [6, 6.07) is -0.151. The van der Waals surface area contributed by atoms with E-state index in [9.17, 15) is 14.4 Å². The zero-order valence-electron chi connectivity index (χ0n) is 40.0. The van der Waals surface area contributed by atoms with Crippen LogP contribution < -0.4 is 0 Å². The fourth-order valence-electron chi connectivity index (χ4n) is 8.26. The molecule has 0 aliphatic heterocycles. The summed E-state index contributed by atoms with van der Waals surface area (Å²) in [5.74, 6) is 0.702. The number of nitrogens with zero attached hydrogens (tertiary/aromatic N) is 2. The first-order valence-corrected chi connectivity index (χ1v) is 25.5. The van der Waals surface area contributed by atoms with Crippen LogP contribution in [0, 0.1) is 11.8 Å². The van der Waals surface area contributed by atoms with Crippen LogP contribution in [-0.4, -0.2) is 74.1 Å². The molecule has 0 fully saturated rings. The number of hydrogen-bond acceptors (Lipinski definition) is 6. The second-order valence-electron chi connectivity index (χ2n) is 18.2. The highest BCUT2D eigenvalue weighted by atomic mass is 16.5. The minimum Gasteiger partial charge on any atom is -0.465 e. The van der Waals surface area contributed by atoms with Gasteiger partial charge in [0.2, 0.25) is 5.91 Å². The van der Waals surface area contributed by atoms with E-state index in [4.69, 9.17) is 9.47 Å². The van der Waals surface area contributed by atoms with Crippen LogP contribution in [-0.2, 0) is 23.9 Å². The van der Waals surface area contributed by atoms with E-state index < -0.39 is 0 Å². The molecular weight excluding hydrogens is 721 g/mol. The summed E-state index contributed by atoms with van der Waals surface area (Å²) in [7, 11) is 4.14. The van der Waals surface area contributed by atoms with Gasteiger partial charge >= 0.3 is 11.9 Å². The van der Waals surface area contributed by atoms with Gasteiger partial charge in [0.1, 0.15) is 0 Å². The Hall–Kier alpha value is -1.63. The number of ether oxygens (including phenoxy) is 2. The molecule has 0 aliphatic carbocycles. The predicted octanol–water partition coefficient (Wildman–Crippen LogP) is 14.4. The second-order valence-corrected chi connectivity index (χ2v) is 18.2. The van der Waals surface area contributed by atoms with Crippen LogP contribution in [0.5, 0.6) is 0 Å². The van der Waals surface area contributed by atoms with E-state index in [1.54, 1.807) is 0 Å². The minimum atomic E-state index is -0.151. The lowest BCUT2D eigenvalue weighted by atomic mass is 9.95. The van der Waals surface area contributed by atoms with Crippen molar-refractivity contribution in [2.24, 2.45) is 11.8 Å². The van der Waals surface area contributed by atoms with Gasteiger partial charge in [-0.15, -0.1) is 0 Å². The van der Waals surface area contributed by atoms with Gasteiger partial charge in [0.25, 0.3) is 0 Å². The lowest BCUT2D eigenvalue weighted by Gasteiger charge is -2.32. The largest absolute Gasteiger partial charge is 0.465 e. The van der Waals surface area contributed by atoms with Crippen LogP contribution in [0.1, 0.15) is 253 Å². The van der Waals surface area contributed by atoms with Gasteiger partial charge in [-0.1, -0.05) is 182 Å². The predicted molar refractivity (Wildman–Crippen MR) is 248 cm³/mol. The Morgan fingerprint density at radius 3 is 1.29 bits per heavy atom. The van der Waals surface area contributed by atoms with Gasteiger partial charge < -0.3 is 19.3 Å². The summed E-state index contributed by atoms with van der Waals surface area (Å²) in [6.45, 7) is 13.8. The molecule has 0 N–H and O–H groups in total. The first-order chi connectivity index (χ1) is 28.2. The Bertz CT molecular complexity index is 927. The van der Waals surface area contributed by atoms with Crippen molar-refractivity contribution in [3.63, 3.8) is 0 Å². The highest BCUT2D eigenvalue weighted by Crippen LogP contribution is 2.23. The van der Waals surface area contributed by atoms with Crippen molar-refractivity contribution in [1.29, 1.82) is 0 Å². The molecule has 0 saturated heterocycles. The highest BCUT2D eigenvalue weighted by molar-refractivity contribution is 5.78. The molecule has 1 amide bonds. The second kappa shape index (κ2) is 42.1. The summed E-state index contributed by atoms with van der Waals surface area (Å²) < 4.78 is 11.9. The van der Waals surface area contributed by atoms with Crippen molar-refractivity contribution in [2.75, 3.05) is 40.4 Å². The molecule has 0 aromatic heterocycles. The maximum Gasteiger partial charge on any atom is 0.307 e. The molecule has 3 atom stereocenters. The smallest absolute Gasteiger partial charge is 0.307 e. The molecule has 0 rings (SSSR count). The van der Waals surface area contributed by atoms with Crippen LogP contribution in [0.25, 0.3) is 0 Å². The zero-order chi connectivity index (χ0) is 42.9. The molecule has 0 aromatic rings. The van der Waals surface area contributed by atoms with E-state index in [0.717, 1.165) is 57.9 Å². The Kier molecular flexibility index (Phi) is 40.9. The van der Waals surface area contributed by atoms with E-state index in [1.807, 2.05) is 4.90 Å². The van der Waals surface area contributed by atoms with Gasteiger partial charge in [-0.3, -0.25) is 14.4 Å². The molecular formula is C51H100N2O5. The van der Waals surface area contributed by atoms with Gasteiger partial charge in [0, 0.05) is 25.4 Å². The summed E-state index contributed by atoms with van der Waals surface area (Å²) in [5.41, 5.74) is 0. The van der Waals surface area contributed by atoms with Crippen LogP contribution in [0.15, 0.2) is 0 Å².